The van der Waals surface area contributed by atoms with E-state index in [0.717, 1.165) is 17.8 Å². The number of carbonyl (C=O) groups is 1. The summed E-state index contributed by atoms with van der Waals surface area (Å²) in [6.07, 6.45) is 9.83. The maximum absolute atomic E-state index is 12.3. The van der Waals surface area contributed by atoms with Crippen molar-refractivity contribution >= 4 is 12.1 Å². The van der Waals surface area contributed by atoms with Gasteiger partial charge in [-0.15, -0.1) is 0 Å². The molecule has 4 aliphatic carbocycles. The third kappa shape index (κ3) is 2.99. The number of nitrogens with one attached hydrogen (secondary N) is 1. The summed E-state index contributed by atoms with van der Waals surface area (Å²) in [5.74, 6) is 2.14. The van der Waals surface area contributed by atoms with Gasteiger partial charge < -0.3 is 10.2 Å². The molecule has 0 atom stereocenters. The van der Waals surface area contributed by atoms with Crippen molar-refractivity contribution in [2.75, 3.05) is 0 Å². The molecular weight excluding hydrogens is 304 g/mol. The van der Waals surface area contributed by atoms with Crippen molar-refractivity contribution < 1.29 is 15.0 Å². The summed E-state index contributed by atoms with van der Waals surface area (Å²) in [5, 5.41) is 22.7. The Morgan fingerprint density at radius 3 is 2.33 bits per heavy atom. The van der Waals surface area contributed by atoms with Crippen LogP contribution >= 0.6 is 0 Å². The molecule has 3 N–H and O–H groups in total. The maximum atomic E-state index is 12.3. The molecule has 128 valence electrons. The minimum Gasteiger partial charge on any atom is -0.504 e. The number of hydrogen-bond donors (Lipinski definition) is 3. The van der Waals surface area contributed by atoms with E-state index in [0.29, 0.717) is 12.0 Å². The number of nitrogens with zero attached hydrogens (tertiary/aromatic N) is 1. The van der Waals surface area contributed by atoms with E-state index < -0.39 is 0 Å². The van der Waals surface area contributed by atoms with Gasteiger partial charge in [0.05, 0.1) is 6.21 Å². The van der Waals surface area contributed by atoms with E-state index in [-0.39, 0.29) is 22.8 Å². The van der Waals surface area contributed by atoms with Crippen LogP contribution in [0, 0.1) is 23.2 Å². The molecule has 0 heterocycles. The average molecular weight is 328 g/mol. The fourth-order valence-corrected chi connectivity index (χ4v) is 5.69. The first-order chi connectivity index (χ1) is 11.5. The maximum Gasteiger partial charge on any atom is 0.240 e. The smallest absolute Gasteiger partial charge is 0.240 e. The summed E-state index contributed by atoms with van der Waals surface area (Å²) in [6, 6.07) is 4.43. The lowest BCUT2D eigenvalue weighted by atomic mass is 9.49. The summed E-state index contributed by atoms with van der Waals surface area (Å²) in [4.78, 5) is 12.3. The number of rotatable bonds is 4. The van der Waals surface area contributed by atoms with Crippen LogP contribution in [0.1, 0.15) is 50.5 Å². The number of amides is 1. The molecule has 1 aromatic carbocycles. The lowest BCUT2D eigenvalue weighted by Crippen LogP contribution is -2.47. The third-order valence-corrected chi connectivity index (χ3v) is 6.10. The Kier molecular flexibility index (Phi) is 3.74. The van der Waals surface area contributed by atoms with Crippen molar-refractivity contribution in [1.29, 1.82) is 0 Å². The van der Waals surface area contributed by atoms with Gasteiger partial charge >= 0.3 is 0 Å². The van der Waals surface area contributed by atoms with Crippen LogP contribution in [0.4, 0.5) is 0 Å². The highest BCUT2D eigenvalue weighted by Gasteiger charge is 2.51. The Morgan fingerprint density at radius 2 is 1.75 bits per heavy atom. The predicted molar refractivity (Wildman–Crippen MR) is 90.7 cm³/mol. The quantitative estimate of drug-likeness (QED) is 0.451. The van der Waals surface area contributed by atoms with E-state index in [1.165, 1.54) is 56.9 Å². The van der Waals surface area contributed by atoms with E-state index in [1.54, 1.807) is 6.07 Å². The highest BCUT2D eigenvalue weighted by atomic mass is 16.3. The fourth-order valence-electron chi connectivity index (χ4n) is 5.69. The number of aromatic hydroxyl groups is 2. The molecule has 5 heteroatoms. The van der Waals surface area contributed by atoms with Gasteiger partial charge in [-0.2, -0.15) is 5.10 Å². The van der Waals surface area contributed by atoms with Gasteiger partial charge in [-0.25, -0.2) is 5.43 Å². The molecule has 1 amide bonds. The van der Waals surface area contributed by atoms with E-state index in [1.807, 2.05) is 0 Å². The van der Waals surface area contributed by atoms with Gasteiger partial charge in [0, 0.05) is 6.42 Å². The van der Waals surface area contributed by atoms with Gasteiger partial charge in [0.1, 0.15) is 0 Å². The minimum atomic E-state index is -0.196. The zero-order valence-corrected chi connectivity index (χ0v) is 13.7. The van der Waals surface area contributed by atoms with Gasteiger partial charge in [-0.1, -0.05) is 0 Å². The molecule has 4 saturated carbocycles. The number of hydrazone groups is 1. The Balaban J connectivity index is 1.35. The molecule has 0 aromatic heterocycles. The van der Waals surface area contributed by atoms with Crippen LogP contribution in [0.25, 0.3) is 0 Å². The van der Waals surface area contributed by atoms with Crippen LogP contribution in [0.15, 0.2) is 23.3 Å². The van der Waals surface area contributed by atoms with Gasteiger partial charge in [0.2, 0.25) is 5.91 Å². The van der Waals surface area contributed by atoms with E-state index in [9.17, 15) is 15.0 Å². The summed E-state index contributed by atoms with van der Waals surface area (Å²) in [5.41, 5.74) is 3.47. The molecule has 4 fully saturated rings. The van der Waals surface area contributed by atoms with E-state index >= 15 is 0 Å². The minimum absolute atomic E-state index is 0.0174. The SMILES string of the molecule is O=C(CC12CC3CC(CC(C3)C1)C2)N/N=C/c1ccc(O)c(O)c1. The summed E-state index contributed by atoms with van der Waals surface area (Å²) in [7, 11) is 0. The second-order valence-corrected chi connectivity index (χ2v) is 8.14. The number of carbonyl (C=O) groups excluding carboxylic acids is 1. The Hall–Kier alpha value is -2.04. The van der Waals surface area contributed by atoms with Gasteiger partial charge in [-0.05, 0) is 85.5 Å². The standard InChI is InChI=1S/C19H24N2O3/c22-16-2-1-12(6-17(16)23)11-20-21-18(24)10-19-7-13-3-14(8-19)5-15(4-13)9-19/h1-2,6,11,13-15,22-23H,3-5,7-10H2,(H,21,24)/b20-11+. The molecule has 0 spiro atoms. The Labute approximate surface area is 141 Å². The number of phenols is 2. The first kappa shape index (κ1) is 15.5. The number of hydrogen-bond acceptors (Lipinski definition) is 4. The van der Waals surface area contributed by atoms with Crippen LogP contribution in [0.5, 0.6) is 11.5 Å². The first-order valence-corrected chi connectivity index (χ1v) is 8.85. The van der Waals surface area contributed by atoms with Crippen LogP contribution < -0.4 is 5.43 Å². The highest BCUT2D eigenvalue weighted by molar-refractivity contribution is 5.83. The molecule has 4 bridgehead atoms. The number of benzene rings is 1. The second-order valence-electron chi connectivity index (χ2n) is 8.14. The molecule has 0 saturated heterocycles. The largest absolute Gasteiger partial charge is 0.504 e. The van der Waals surface area contributed by atoms with E-state index in [2.05, 4.69) is 10.5 Å². The lowest BCUT2D eigenvalue weighted by molar-refractivity contribution is -0.129. The third-order valence-electron chi connectivity index (χ3n) is 6.10. The van der Waals surface area contributed by atoms with Crippen molar-refractivity contribution in [1.82, 2.24) is 5.43 Å². The van der Waals surface area contributed by atoms with Gasteiger partial charge in [0.25, 0.3) is 0 Å². The molecule has 24 heavy (non-hydrogen) atoms. The molecule has 0 radical (unpaired) electrons. The monoisotopic (exact) mass is 328 g/mol. The van der Waals surface area contributed by atoms with Crippen LogP contribution in [0.3, 0.4) is 0 Å². The lowest BCUT2D eigenvalue weighted by Gasteiger charge is -2.56. The second kappa shape index (κ2) is 5.80. The van der Waals surface area contributed by atoms with E-state index in [4.69, 9.17) is 0 Å². The van der Waals surface area contributed by atoms with Crippen molar-refractivity contribution in [2.45, 2.75) is 44.9 Å². The van der Waals surface area contributed by atoms with Crippen LogP contribution in [-0.4, -0.2) is 22.3 Å². The molecule has 0 unspecified atom stereocenters. The van der Waals surface area contributed by atoms with Crippen LogP contribution in [-0.2, 0) is 4.79 Å². The first-order valence-electron chi connectivity index (χ1n) is 8.85. The Morgan fingerprint density at radius 1 is 1.12 bits per heavy atom. The molecule has 1 aromatic rings. The van der Waals surface area contributed by atoms with Crippen molar-refractivity contribution in [2.24, 2.45) is 28.3 Å². The number of phenolic OH excluding ortho intramolecular Hbond substituents is 2. The van der Waals surface area contributed by atoms with Crippen molar-refractivity contribution in [3.05, 3.63) is 23.8 Å². The Bertz CT molecular complexity index is 648. The normalized spacial score (nSPS) is 33.9. The van der Waals surface area contributed by atoms with Crippen molar-refractivity contribution in [3.63, 3.8) is 0 Å². The predicted octanol–water partition coefficient (Wildman–Crippen LogP) is 3.15. The summed E-state index contributed by atoms with van der Waals surface area (Å²) in [6.45, 7) is 0. The van der Waals surface area contributed by atoms with Gasteiger partial charge in [0.15, 0.2) is 11.5 Å². The zero-order valence-electron chi connectivity index (χ0n) is 13.7. The molecule has 5 nitrogen and oxygen atoms in total. The molecule has 5 rings (SSSR count). The fraction of sp³-hybridized carbons (Fsp3) is 0.579. The average Bonchev–Trinajstić information content (AvgIpc) is 2.49. The topological polar surface area (TPSA) is 81.9 Å². The summed E-state index contributed by atoms with van der Waals surface area (Å²) < 4.78 is 0. The van der Waals surface area contributed by atoms with Gasteiger partial charge in [-0.3, -0.25) is 4.79 Å². The van der Waals surface area contributed by atoms with Crippen LogP contribution in [0.2, 0.25) is 0 Å². The molecule has 4 aliphatic rings. The highest BCUT2D eigenvalue weighted by Crippen LogP contribution is 2.61. The zero-order chi connectivity index (χ0) is 16.7. The summed E-state index contributed by atoms with van der Waals surface area (Å²) >= 11 is 0. The molecular formula is C19H24N2O3. The molecule has 0 aliphatic heterocycles. The van der Waals surface area contributed by atoms with Crippen molar-refractivity contribution in [3.8, 4) is 11.5 Å².